The molecule has 2 rings (SSSR count). The van der Waals surface area contributed by atoms with Crippen LogP contribution < -0.4 is 4.90 Å². The van der Waals surface area contributed by atoms with Crippen LogP contribution in [0.15, 0.2) is 12.3 Å². The largest absolute Gasteiger partial charge is 0.504 e. The van der Waals surface area contributed by atoms with Gasteiger partial charge in [0, 0.05) is 31.1 Å². The van der Waals surface area contributed by atoms with Crippen molar-refractivity contribution < 1.29 is 9.90 Å². The minimum atomic E-state index is -0.0870. The molecule has 1 aromatic rings. The molecule has 6 heteroatoms. The zero-order valence-electron chi connectivity index (χ0n) is 8.36. The monoisotopic (exact) mass is 260 g/mol. The van der Waals surface area contributed by atoms with E-state index in [1.807, 2.05) is 0 Å². The molecule has 0 aromatic carbocycles. The molecular formula is C10H10Cl2N2O2. The fraction of sp³-hybridized carbons (Fsp3) is 0.400. The minimum absolute atomic E-state index is 0.0734. The van der Waals surface area contributed by atoms with Crippen molar-refractivity contribution in [2.75, 3.05) is 17.3 Å². The third-order valence-electron chi connectivity index (χ3n) is 2.49. The highest BCUT2D eigenvalue weighted by Gasteiger charge is 2.32. The van der Waals surface area contributed by atoms with Crippen LogP contribution in [0.5, 0.6) is 5.75 Å². The number of alkyl halides is 1. The molecule has 1 unspecified atom stereocenters. The maximum Gasteiger partial charge on any atom is 0.228 e. The SMILES string of the molecule is O=C1CC(CCl)CN1c1ncc(Cl)cc1O. The van der Waals surface area contributed by atoms with Crippen molar-refractivity contribution in [3.05, 3.63) is 17.3 Å². The van der Waals surface area contributed by atoms with E-state index in [-0.39, 0.29) is 23.4 Å². The van der Waals surface area contributed by atoms with Gasteiger partial charge in [-0.15, -0.1) is 11.6 Å². The zero-order valence-corrected chi connectivity index (χ0v) is 9.87. The summed E-state index contributed by atoms with van der Waals surface area (Å²) in [7, 11) is 0. The molecule has 1 atom stereocenters. The van der Waals surface area contributed by atoms with Gasteiger partial charge in [-0.1, -0.05) is 11.6 Å². The number of amides is 1. The van der Waals surface area contributed by atoms with Crippen LogP contribution in [0.2, 0.25) is 5.02 Å². The fourth-order valence-corrected chi connectivity index (χ4v) is 2.08. The molecule has 16 heavy (non-hydrogen) atoms. The van der Waals surface area contributed by atoms with Crippen LogP contribution in [0.4, 0.5) is 5.82 Å². The summed E-state index contributed by atoms with van der Waals surface area (Å²) in [4.78, 5) is 17.1. The van der Waals surface area contributed by atoms with E-state index < -0.39 is 0 Å². The smallest absolute Gasteiger partial charge is 0.228 e. The molecule has 1 fully saturated rings. The van der Waals surface area contributed by atoms with Crippen molar-refractivity contribution in [2.24, 2.45) is 5.92 Å². The van der Waals surface area contributed by atoms with E-state index >= 15 is 0 Å². The molecule has 1 amide bonds. The van der Waals surface area contributed by atoms with Crippen molar-refractivity contribution in [3.8, 4) is 5.75 Å². The average Bonchev–Trinajstić information content (AvgIpc) is 2.60. The van der Waals surface area contributed by atoms with Gasteiger partial charge in [-0.05, 0) is 5.92 Å². The lowest BCUT2D eigenvalue weighted by Gasteiger charge is -2.16. The highest BCUT2D eigenvalue weighted by molar-refractivity contribution is 6.30. The highest BCUT2D eigenvalue weighted by Crippen LogP contribution is 2.32. The van der Waals surface area contributed by atoms with Crippen molar-refractivity contribution in [1.82, 2.24) is 4.98 Å². The van der Waals surface area contributed by atoms with Gasteiger partial charge in [0.05, 0.1) is 5.02 Å². The predicted octanol–water partition coefficient (Wildman–Crippen LogP) is 2.03. The Hall–Kier alpha value is -1.00. The second-order valence-corrected chi connectivity index (χ2v) is 4.47. The van der Waals surface area contributed by atoms with Gasteiger partial charge in [-0.2, -0.15) is 0 Å². The van der Waals surface area contributed by atoms with Gasteiger partial charge < -0.3 is 5.11 Å². The number of nitrogens with zero attached hydrogens (tertiary/aromatic N) is 2. The van der Waals surface area contributed by atoms with E-state index in [4.69, 9.17) is 23.2 Å². The summed E-state index contributed by atoms with van der Waals surface area (Å²) < 4.78 is 0. The van der Waals surface area contributed by atoms with Crippen LogP contribution in [0.25, 0.3) is 0 Å². The molecule has 0 saturated carbocycles. The zero-order chi connectivity index (χ0) is 11.7. The maximum atomic E-state index is 11.7. The lowest BCUT2D eigenvalue weighted by atomic mass is 10.1. The van der Waals surface area contributed by atoms with E-state index in [1.165, 1.54) is 17.2 Å². The molecule has 0 radical (unpaired) electrons. The topological polar surface area (TPSA) is 53.4 Å². The van der Waals surface area contributed by atoms with Crippen molar-refractivity contribution in [2.45, 2.75) is 6.42 Å². The summed E-state index contributed by atoms with van der Waals surface area (Å²) in [6.07, 6.45) is 1.80. The van der Waals surface area contributed by atoms with Crippen LogP contribution in [0.1, 0.15) is 6.42 Å². The molecule has 2 heterocycles. The number of pyridine rings is 1. The summed E-state index contributed by atoms with van der Waals surface area (Å²) in [5.41, 5.74) is 0. The second-order valence-electron chi connectivity index (χ2n) is 3.73. The Labute approximate surface area is 103 Å². The van der Waals surface area contributed by atoms with Gasteiger partial charge in [0.15, 0.2) is 11.6 Å². The standard InChI is InChI=1S/C10H10Cl2N2O2/c11-3-6-1-9(16)14(5-6)10-8(15)2-7(12)4-13-10/h2,4,6,15H,1,3,5H2. The number of carbonyl (C=O) groups is 1. The minimum Gasteiger partial charge on any atom is -0.504 e. The molecular weight excluding hydrogens is 251 g/mol. The summed E-state index contributed by atoms with van der Waals surface area (Å²) in [5, 5.41) is 9.99. The molecule has 1 aromatic heterocycles. The number of aromatic hydroxyl groups is 1. The number of anilines is 1. The van der Waals surface area contributed by atoms with Gasteiger partial charge >= 0.3 is 0 Å². The van der Waals surface area contributed by atoms with E-state index in [2.05, 4.69) is 4.98 Å². The molecule has 4 nitrogen and oxygen atoms in total. The Balaban J connectivity index is 2.28. The third kappa shape index (κ3) is 2.08. The number of aromatic nitrogens is 1. The fourth-order valence-electron chi connectivity index (χ4n) is 1.72. The first-order valence-electron chi connectivity index (χ1n) is 4.82. The van der Waals surface area contributed by atoms with Gasteiger partial charge in [0.25, 0.3) is 0 Å². The summed E-state index contributed by atoms with van der Waals surface area (Å²) in [6, 6.07) is 1.37. The van der Waals surface area contributed by atoms with Crippen LogP contribution in [0, 0.1) is 5.92 Å². The molecule has 1 saturated heterocycles. The van der Waals surface area contributed by atoms with E-state index in [9.17, 15) is 9.90 Å². The van der Waals surface area contributed by atoms with Gasteiger partial charge in [0.1, 0.15) is 0 Å². The third-order valence-corrected chi connectivity index (χ3v) is 3.14. The molecule has 0 aliphatic carbocycles. The lowest BCUT2D eigenvalue weighted by Crippen LogP contribution is -2.25. The van der Waals surface area contributed by atoms with Crippen LogP contribution in [0.3, 0.4) is 0 Å². The van der Waals surface area contributed by atoms with E-state index in [0.29, 0.717) is 23.9 Å². The average molecular weight is 261 g/mol. The highest BCUT2D eigenvalue weighted by atomic mass is 35.5. The van der Waals surface area contributed by atoms with Crippen molar-refractivity contribution in [1.29, 1.82) is 0 Å². The first-order valence-corrected chi connectivity index (χ1v) is 5.74. The number of hydrogen-bond acceptors (Lipinski definition) is 3. The number of halogens is 2. The summed E-state index contributed by atoms with van der Waals surface area (Å²) in [5.74, 6) is 0.635. The van der Waals surface area contributed by atoms with Crippen LogP contribution in [-0.2, 0) is 4.79 Å². The quantitative estimate of drug-likeness (QED) is 0.829. The summed E-state index contributed by atoms with van der Waals surface area (Å²) >= 11 is 11.4. The van der Waals surface area contributed by atoms with E-state index in [0.717, 1.165) is 0 Å². The van der Waals surface area contributed by atoms with Crippen molar-refractivity contribution in [3.63, 3.8) is 0 Å². The predicted molar refractivity (Wildman–Crippen MR) is 62.1 cm³/mol. The van der Waals surface area contributed by atoms with Crippen LogP contribution >= 0.6 is 23.2 Å². The van der Waals surface area contributed by atoms with Gasteiger partial charge in [-0.3, -0.25) is 9.69 Å². The lowest BCUT2D eigenvalue weighted by molar-refractivity contribution is -0.117. The van der Waals surface area contributed by atoms with Crippen molar-refractivity contribution >= 4 is 34.9 Å². The number of rotatable bonds is 2. The summed E-state index contributed by atoms with van der Waals surface area (Å²) in [6.45, 7) is 0.491. The maximum absolute atomic E-state index is 11.7. The normalized spacial score (nSPS) is 20.5. The Kier molecular flexibility index (Phi) is 3.21. The molecule has 1 aliphatic heterocycles. The van der Waals surface area contributed by atoms with Gasteiger partial charge in [-0.25, -0.2) is 4.98 Å². The Morgan fingerprint density at radius 1 is 1.62 bits per heavy atom. The van der Waals surface area contributed by atoms with E-state index in [1.54, 1.807) is 0 Å². The Bertz CT molecular complexity index is 425. The first kappa shape index (κ1) is 11.5. The molecule has 86 valence electrons. The first-order chi connectivity index (χ1) is 7.61. The van der Waals surface area contributed by atoms with Gasteiger partial charge in [0.2, 0.25) is 5.91 Å². The molecule has 0 spiro atoms. The molecule has 1 aliphatic rings. The Morgan fingerprint density at radius 2 is 2.38 bits per heavy atom. The second kappa shape index (κ2) is 4.47. The Morgan fingerprint density at radius 3 is 2.94 bits per heavy atom. The van der Waals surface area contributed by atoms with Crippen LogP contribution in [-0.4, -0.2) is 28.4 Å². The number of hydrogen-bond donors (Lipinski definition) is 1. The molecule has 0 bridgehead atoms. The number of carbonyl (C=O) groups excluding carboxylic acids is 1. The molecule has 1 N–H and O–H groups in total.